The third-order valence-electron chi connectivity index (χ3n) is 3.14. The van der Waals surface area contributed by atoms with Gasteiger partial charge in [-0.2, -0.15) is 0 Å². The number of carbonyl (C=O) groups excluding carboxylic acids is 1. The lowest BCUT2D eigenvalue weighted by atomic mass is 10.1. The Morgan fingerprint density at radius 3 is 2.53 bits per heavy atom. The Morgan fingerprint density at radius 1 is 1.37 bits per heavy atom. The van der Waals surface area contributed by atoms with Crippen LogP contribution in [0.3, 0.4) is 0 Å². The standard InChI is InChI=1S/C11H23N3O4S/c1-3-18-11(15)14-7-4-10(5-8-14)13-6-9-19(16,17)12-2/h10,12-13H,3-9H2,1-2H3. The second-order valence-electron chi connectivity index (χ2n) is 4.44. The molecule has 1 aliphatic rings. The molecule has 0 bridgehead atoms. The predicted molar refractivity (Wildman–Crippen MR) is 72.5 cm³/mol. The van der Waals surface area contributed by atoms with Crippen LogP contribution in [0.2, 0.25) is 0 Å². The van der Waals surface area contributed by atoms with Crippen LogP contribution in [0, 0.1) is 0 Å². The number of nitrogens with zero attached hydrogens (tertiary/aromatic N) is 1. The number of rotatable bonds is 6. The maximum Gasteiger partial charge on any atom is 0.409 e. The van der Waals surface area contributed by atoms with Gasteiger partial charge in [0.15, 0.2) is 0 Å². The summed E-state index contributed by atoms with van der Waals surface area (Å²) in [5.41, 5.74) is 0. The summed E-state index contributed by atoms with van der Waals surface area (Å²) < 4.78 is 29.7. The van der Waals surface area contributed by atoms with Crippen molar-refractivity contribution in [1.29, 1.82) is 0 Å². The summed E-state index contributed by atoms with van der Waals surface area (Å²) in [5, 5.41) is 3.21. The monoisotopic (exact) mass is 293 g/mol. The first kappa shape index (κ1) is 16.2. The van der Waals surface area contributed by atoms with Gasteiger partial charge in [-0.25, -0.2) is 17.9 Å². The van der Waals surface area contributed by atoms with Crippen molar-refractivity contribution in [3.05, 3.63) is 0 Å². The van der Waals surface area contributed by atoms with E-state index in [1.807, 2.05) is 0 Å². The number of nitrogens with one attached hydrogen (secondary N) is 2. The number of ether oxygens (including phenoxy) is 1. The fourth-order valence-corrected chi connectivity index (χ4v) is 2.57. The van der Waals surface area contributed by atoms with E-state index < -0.39 is 10.0 Å². The highest BCUT2D eigenvalue weighted by atomic mass is 32.2. The lowest BCUT2D eigenvalue weighted by Crippen LogP contribution is -2.46. The molecule has 1 amide bonds. The molecule has 8 heteroatoms. The first-order chi connectivity index (χ1) is 8.98. The summed E-state index contributed by atoms with van der Waals surface area (Å²) in [6.07, 6.45) is 1.37. The van der Waals surface area contributed by atoms with Gasteiger partial charge >= 0.3 is 6.09 Å². The molecule has 1 saturated heterocycles. The Bertz CT molecular complexity index is 377. The zero-order valence-corrected chi connectivity index (χ0v) is 12.3. The van der Waals surface area contributed by atoms with Crippen molar-refractivity contribution >= 4 is 16.1 Å². The number of likely N-dealkylation sites (tertiary alicyclic amines) is 1. The van der Waals surface area contributed by atoms with Crippen LogP contribution < -0.4 is 10.0 Å². The number of piperidine rings is 1. The van der Waals surface area contributed by atoms with Gasteiger partial charge in [0.2, 0.25) is 10.0 Å². The molecule has 19 heavy (non-hydrogen) atoms. The summed E-state index contributed by atoms with van der Waals surface area (Å²) in [4.78, 5) is 13.2. The van der Waals surface area contributed by atoms with E-state index in [4.69, 9.17) is 4.74 Å². The first-order valence-corrected chi connectivity index (χ1v) is 8.20. The zero-order valence-electron chi connectivity index (χ0n) is 11.5. The topological polar surface area (TPSA) is 87.7 Å². The van der Waals surface area contributed by atoms with E-state index in [2.05, 4.69) is 10.0 Å². The van der Waals surface area contributed by atoms with Gasteiger partial charge in [0.25, 0.3) is 0 Å². The van der Waals surface area contributed by atoms with E-state index in [9.17, 15) is 13.2 Å². The van der Waals surface area contributed by atoms with Crippen molar-refractivity contribution in [2.45, 2.75) is 25.8 Å². The van der Waals surface area contributed by atoms with Crippen LogP contribution in [0.5, 0.6) is 0 Å². The van der Waals surface area contributed by atoms with Gasteiger partial charge in [-0.3, -0.25) is 0 Å². The summed E-state index contributed by atoms with van der Waals surface area (Å²) in [7, 11) is -1.74. The highest BCUT2D eigenvalue weighted by Gasteiger charge is 2.23. The Labute approximate surface area is 114 Å². The molecule has 1 rings (SSSR count). The number of hydrogen-bond donors (Lipinski definition) is 2. The van der Waals surface area contributed by atoms with Crippen molar-refractivity contribution in [2.75, 3.05) is 39.0 Å². The van der Waals surface area contributed by atoms with Gasteiger partial charge in [0.05, 0.1) is 12.4 Å². The van der Waals surface area contributed by atoms with Crippen LogP contribution >= 0.6 is 0 Å². The Hall–Kier alpha value is -0.860. The fraction of sp³-hybridized carbons (Fsp3) is 0.909. The maximum absolute atomic E-state index is 11.5. The normalized spacial score (nSPS) is 17.5. The van der Waals surface area contributed by atoms with Crippen LogP contribution in [0.25, 0.3) is 0 Å². The van der Waals surface area contributed by atoms with Gasteiger partial charge in [-0.1, -0.05) is 0 Å². The minimum Gasteiger partial charge on any atom is -0.450 e. The molecular formula is C11H23N3O4S. The lowest BCUT2D eigenvalue weighted by molar-refractivity contribution is 0.0953. The van der Waals surface area contributed by atoms with E-state index in [1.165, 1.54) is 7.05 Å². The SMILES string of the molecule is CCOC(=O)N1CCC(NCCS(=O)(=O)NC)CC1. The second-order valence-corrected chi connectivity index (χ2v) is 6.48. The van der Waals surface area contributed by atoms with Gasteiger partial charge in [0.1, 0.15) is 0 Å². The van der Waals surface area contributed by atoms with Crippen LogP contribution in [0.4, 0.5) is 4.79 Å². The number of hydrogen-bond acceptors (Lipinski definition) is 5. The molecule has 1 aliphatic heterocycles. The van der Waals surface area contributed by atoms with Crippen molar-refractivity contribution in [1.82, 2.24) is 14.9 Å². The molecule has 112 valence electrons. The van der Waals surface area contributed by atoms with Crippen LogP contribution in [0.15, 0.2) is 0 Å². The molecule has 1 heterocycles. The van der Waals surface area contributed by atoms with Crippen molar-refractivity contribution in [3.63, 3.8) is 0 Å². The Balaban J connectivity index is 2.22. The maximum atomic E-state index is 11.5. The molecule has 0 radical (unpaired) electrons. The van der Waals surface area contributed by atoms with E-state index in [-0.39, 0.29) is 17.9 Å². The van der Waals surface area contributed by atoms with Crippen molar-refractivity contribution < 1.29 is 17.9 Å². The van der Waals surface area contributed by atoms with E-state index in [0.29, 0.717) is 26.2 Å². The van der Waals surface area contributed by atoms with Crippen LogP contribution in [-0.2, 0) is 14.8 Å². The number of sulfonamides is 1. The third kappa shape index (κ3) is 5.75. The largest absolute Gasteiger partial charge is 0.450 e. The molecule has 0 saturated carbocycles. The van der Waals surface area contributed by atoms with Gasteiger partial charge < -0.3 is 15.0 Å². The molecule has 2 N–H and O–H groups in total. The molecule has 1 fully saturated rings. The first-order valence-electron chi connectivity index (χ1n) is 6.54. The molecule has 0 unspecified atom stereocenters. The second kappa shape index (κ2) is 7.66. The van der Waals surface area contributed by atoms with Crippen molar-refractivity contribution in [2.24, 2.45) is 0 Å². The molecular weight excluding hydrogens is 270 g/mol. The van der Waals surface area contributed by atoms with Gasteiger partial charge in [0, 0.05) is 25.7 Å². The highest BCUT2D eigenvalue weighted by Crippen LogP contribution is 2.11. The molecule has 0 aromatic heterocycles. The summed E-state index contributed by atoms with van der Waals surface area (Å²) in [5.74, 6) is 0.0710. The van der Waals surface area contributed by atoms with Crippen LogP contribution in [-0.4, -0.2) is 64.5 Å². The van der Waals surface area contributed by atoms with E-state index >= 15 is 0 Å². The number of carbonyl (C=O) groups is 1. The fourth-order valence-electron chi connectivity index (χ4n) is 1.98. The Kier molecular flexibility index (Phi) is 6.53. The smallest absolute Gasteiger partial charge is 0.409 e. The molecule has 0 aromatic carbocycles. The average molecular weight is 293 g/mol. The predicted octanol–water partition coefficient (Wildman–Crippen LogP) is -0.254. The average Bonchev–Trinajstić information content (AvgIpc) is 2.39. The summed E-state index contributed by atoms with van der Waals surface area (Å²) in [6, 6.07) is 0.262. The van der Waals surface area contributed by atoms with Gasteiger partial charge in [-0.05, 0) is 26.8 Å². The third-order valence-corrected chi connectivity index (χ3v) is 4.50. The van der Waals surface area contributed by atoms with Crippen LogP contribution in [0.1, 0.15) is 19.8 Å². The summed E-state index contributed by atoms with van der Waals surface area (Å²) >= 11 is 0. The zero-order chi connectivity index (χ0) is 14.3. The molecule has 0 atom stereocenters. The van der Waals surface area contributed by atoms with E-state index in [0.717, 1.165) is 12.8 Å². The molecule has 0 spiro atoms. The molecule has 0 aromatic rings. The minimum absolute atomic E-state index is 0.0710. The minimum atomic E-state index is -3.15. The number of amides is 1. The summed E-state index contributed by atoms with van der Waals surface area (Å²) in [6.45, 7) is 3.89. The quantitative estimate of drug-likeness (QED) is 0.705. The van der Waals surface area contributed by atoms with Gasteiger partial charge in [-0.15, -0.1) is 0 Å². The van der Waals surface area contributed by atoms with Crippen molar-refractivity contribution in [3.8, 4) is 0 Å². The van der Waals surface area contributed by atoms with E-state index in [1.54, 1.807) is 11.8 Å². The lowest BCUT2D eigenvalue weighted by Gasteiger charge is -2.31. The Morgan fingerprint density at radius 2 is 2.00 bits per heavy atom. The highest BCUT2D eigenvalue weighted by molar-refractivity contribution is 7.89. The molecule has 7 nitrogen and oxygen atoms in total. The molecule has 0 aliphatic carbocycles.